The first-order valence-electron chi connectivity index (χ1n) is 6.72. The molecule has 0 saturated carbocycles. The molecule has 0 heterocycles. The van der Waals surface area contributed by atoms with E-state index in [0.29, 0.717) is 12.3 Å². The molecule has 2 nitrogen and oxygen atoms in total. The van der Waals surface area contributed by atoms with Gasteiger partial charge in [0, 0.05) is 22.6 Å². The fourth-order valence-corrected chi connectivity index (χ4v) is 2.18. The molecule has 0 radical (unpaired) electrons. The molecule has 1 N–H and O–H groups in total. The molecule has 0 saturated heterocycles. The Kier molecular flexibility index (Phi) is 5.70. The van der Waals surface area contributed by atoms with Crippen LogP contribution in [0.2, 0.25) is 0 Å². The first kappa shape index (κ1) is 15.9. The predicted octanol–water partition coefficient (Wildman–Crippen LogP) is 5.02. The second-order valence-electron chi connectivity index (χ2n) is 4.61. The highest BCUT2D eigenvalue weighted by atomic mass is 79.9. The van der Waals surface area contributed by atoms with Crippen molar-refractivity contribution in [3.05, 3.63) is 58.1 Å². The summed E-state index contributed by atoms with van der Waals surface area (Å²) in [6.07, 6.45) is 1.02. The van der Waals surface area contributed by atoms with Crippen LogP contribution in [0.3, 0.4) is 0 Å². The van der Waals surface area contributed by atoms with Crippen molar-refractivity contribution < 1.29 is 13.5 Å². The smallest absolute Gasteiger partial charge is 0.165 e. The molecule has 0 bridgehead atoms. The Morgan fingerprint density at radius 2 is 1.90 bits per heavy atom. The first-order chi connectivity index (χ1) is 10.1. The van der Waals surface area contributed by atoms with Crippen molar-refractivity contribution in [3.8, 4) is 11.5 Å². The van der Waals surface area contributed by atoms with Gasteiger partial charge >= 0.3 is 0 Å². The third kappa shape index (κ3) is 4.51. The lowest BCUT2D eigenvalue weighted by atomic mass is 10.2. The Morgan fingerprint density at radius 3 is 2.67 bits per heavy atom. The minimum absolute atomic E-state index is 0.121. The van der Waals surface area contributed by atoms with E-state index in [2.05, 4.69) is 28.2 Å². The lowest BCUT2D eigenvalue weighted by Gasteiger charge is -2.13. The van der Waals surface area contributed by atoms with Crippen LogP contribution in [-0.2, 0) is 6.54 Å². The number of nitrogens with one attached hydrogen (secondary N) is 1. The standard InChI is InChI=1S/C16H16BrF2NO/c1-2-7-20-10-11-3-4-12(17)8-15(11)21-16-9-13(18)5-6-14(16)19/h3-6,8-9,20H,2,7,10H2,1H3. The number of rotatable bonds is 6. The van der Waals surface area contributed by atoms with Crippen LogP contribution in [0.1, 0.15) is 18.9 Å². The molecule has 0 aromatic heterocycles. The fraction of sp³-hybridized carbons (Fsp3) is 0.250. The maximum Gasteiger partial charge on any atom is 0.165 e. The Labute approximate surface area is 131 Å². The highest BCUT2D eigenvalue weighted by Crippen LogP contribution is 2.30. The summed E-state index contributed by atoms with van der Waals surface area (Å²) in [6, 6.07) is 8.67. The molecule has 0 aliphatic carbocycles. The largest absolute Gasteiger partial charge is 0.454 e. The van der Waals surface area contributed by atoms with Crippen LogP contribution in [0.4, 0.5) is 8.78 Å². The Morgan fingerprint density at radius 1 is 1.10 bits per heavy atom. The van der Waals surface area contributed by atoms with Gasteiger partial charge in [-0.15, -0.1) is 0 Å². The molecule has 21 heavy (non-hydrogen) atoms. The summed E-state index contributed by atoms with van der Waals surface area (Å²) >= 11 is 3.36. The van der Waals surface area contributed by atoms with Crippen molar-refractivity contribution in [1.82, 2.24) is 5.32 Å². The molecule has 0 atom stereocenters. The van der Waals surface area contributed by atoms with Gasteiger partial charge in [-0.3, -0.25) is 0 Å². The minimum Gasteiger partial charge on any atom is -0.454 e. The second-order valence-corrected chi connectivity index (χ2v) is 5.52. The number of hydrogen-bond donors (Lipinski definition) is 1. The normalized spacial score (nSPS) is 10.7. The Hall–Kier alpha value is -1.46. The summed E-state index contributed by atoms with van der Waals surface area (Å²) in [5.41, 5.74) is 0.885. The molecule has 2 rings (SSSR count). The molecule has 0 aliphatic heterocycles. The van der Waals surface area contributed by atoms with Crippen molar-refractivity contribution in [1.29, 1.82) is 0 Å². The van der Waals surface area contributed by atoms with Crippen molar-refractivity contribution in [2.75, 3.05) is 6.54 Å². The SMILES string of the molecule is CCCNCc1ccc(Br)cc1Oc1cc(F)ccc1F. The molecule has 2 aromatic rings. The van der Waals surface area contributed by atoms with E-state index in [1.54, 1.807) is 6.07 Å². The van der Waals surface area contributed by atoms with Crippen LogP contribution in [0, 0.1) is 11.6 Å². The predicted molar refractivity (Wildman–Crippen MR) is 82.6 cm³/mol. The van der Waals surface area contributed by atoms with E-state index >= 15 is 0 Å². The second kappa shape index (κ2) is 7.52. The fourth-order valence-electron chi connectivity index (χ4n) is 1.84. The number of hydrogen-bond acceptors (Lipinski definition) is 2. The Balaban J connectivity index is 2.25. The molecule has 0 spiro atoms. The zero-order valence-electron chi connectivity index (χ0n) is 11.6. The van der Waals surface area contributed by atoms with Crippen molar-refractivity contribution in [2.45, 2.75) is 19.9 Å². The summed E-state index contributed by atoms with van der Waals surface area (Å²) in [7, 11) is 0. The number of ether oxygens (including phenoxy) is 1. The van der Waals surface area contributed by atoms with Crippen molar-refractivity contribution in [2.24, 2.45) is 0 Å². The first-order valence-corrected chi connectivity index (χ1v) is 7.51. The third-order valence-corrected chi connectivity index (χ3v) is 3.38. The van der Waals surface area contributed by atoms with Crippen molar-refractivity contribution in [3.63, 3.8) is 0 Å². The highest BCUT2D eigenvalue weighted by Gasteiger charge is 2.10. The van der Waals surface area contributed by atoms with Crippen molar-refractivity contribution >= 4 is 15.9 Å². The average Bonchev–Trinajstić information content (AvgIpc) is 2.45. The molecule has 0 aliphatic rings. The lowest BCUT2D eigenvalue weighted by molar-refractivity contribution is 0.430. The highest BCUT2D eigenvalue weighted by molar-refractivity contribution is 9.10. The van der Waals surface area contributed by atoms with Crippen LogP contribution < -0.4 is 10.1 Å². The van der Waals surface area contributed by atoms with Gasteiger partial charge in [-0.1, -0.05) is 28.9 Å². The quantitative estimate of drug-likeness (QED) is 0.734. The number of benzene rings is 2. The molecule has 5 heteroatoms. The average molecular weight is 356 g/mol. The topological polar surface area (TPSA) is 21.3 Å². The Bertz CT molecular complexity index is 619. The molecule has 0 amide bonds. The van der Waals surface area contributed by atoms with E-state index in [4.69, 9.17) is 4.74 Å². The maximum absolute atomic E-state index is 13.7. The summed E-state index contributed by atoms with van der Waals surface area (Å²) in [5.74, 6) is -0.752. The number of halogens is 3. The molecular formula is C16H16BrF2NO. The van der Waals surface area contributed by atoms with E-state index in [1.807, 2.05) is 12.1 Å². The maximum atomic E-state index is 13.7. The van der Waals surface area contributed by atoms with E-state index in [9.17, 15) is 8.78 Å². The zero-order chi connectivity index (χ0) is 15.2. The van der Waals surface area contributed by atoms with E-state index < -0.39 is 11.6 Å². The van der Waals surface area contributed by atoms with Crippen LogP contribution in [-0.4, -0.2) is 6.54 Å². The minimum atomic E-state index is -0.594. The van der Waals surface area contributed by atoms with Crippen LogP contribution in [0.15, 0.2) is 40.9 Å². The van der Waals surface area contributed by atoms with E-state index in [0.717, 1.165) is 41.2 Å². The van der Waals surface area contributed by atoms with Crippen LogP contribution in [0.25, 0.3) is 0 Å². The molecule has 0 unspecified atom stereocenters. The summed E-state index contributed by atoms with van der Waals surface area (Å²) in [5, 5.41) is 3.26. The van der Waals surface area contributed by atoms with Gasteiger partial charge in [-0.25, -0.2) is 8.78 Å². The van der Waals surface area contributed by atoms with Gasteiger partial charge in [-0.2, -0.15) is 0 Å². The van der Waals surface area contributed by atoms with Gasteiger partial charge in [-0.05, 0) is 37.2 Å². The summed E-state index contributed by atoms with van der Waals surface area (Å²) < 4.78 is 33.2. The van der Waals surface area contributed by atoms with E-state index in [1.165, 1.54) is 0 Å². The van der Waals surface area contributed by atoms with Gasteiger partial charge in [0.25, 0.3) is 0 Å². The van der Waals surface area contributed by atoms with Gasteiger partial charge in [0.1, 0.15) is 11.6 Å². The van der Waals surface area contributed by atoms with Gasteiger partial charge in [0.15, 0.2) is 11.6 Å². The van der Waals surface area contributed by atoms with E-state index in [-0.39, 0.29) is 5.75 Å². The monoisotopic (exact) mass is 355 g/mol. The molecule has 0 fully saturated rings. The third-order valence-electron chi connectivity index (χ3n) is 2.88. The summed E-state index contributed by atoms with van der Waals surface area (Å²) in [6.45, 7) is 3.56. The van der Waals surface area contributed by atoms with Crippen LogP contribution in [0.5, 0.6) is 11.5 Å². The molecule has 112 valence electrons. The van der Waals surface area contributed by atoms with Gasteiger partial charge in [0.2, 0.25) is 0 Å². The van der Waals surface area contributed by atoms with Gasteiger partial charge in [0.05, 0.1) is 0 Å². The van der Waals surface area contributed by atoms with Crippen LogP contribution >= 0.6 is 15.9 Å². The summed E-state index contributed by atoms with van der Waals surface area (Å²) in [4.78, 5) is 0. The molecule has 2 aromatic carbocycles. The zero-order valence-corrected chi connectivity index (χ0v) is 13.2. The van der Waals surface area contributed by atoms with Gasteiger partial charge < -0.3 is 10.1 Å². The lowest BCUT2D eigenvalue weighted by Crippen LogP contribution is -2.14. The molecular weight excluding hydrogens is 340 g/mol.